The van der Waals surface area contributed by atoms with Gasteiger partial charge in [0.1, 0.15) is 33.2 Å². The molecule has 6 nitrogen and oxygen atoms in total. The zero-order valence-electron chi connectivity index (χ0n) is 12.9. The number of fused-ring (bicyclic) bond motifs is 1. The van der Waals surface area contributed by atoms with Crippen molar-refractivity contribution in [1.29, 1.82) is 5.26 Å². The fourth-order valence-corrected chi connectivity index (χ4v) is 3.49. The third kappa shape index (κ3) is 2.72. The average Bonchev–Trinajstić information content (AvgIpc) is 2.87. The number of amides is 1. The van der Waals surface area contributed by atoms with E-state index >= 15 is 0 Å². The number of thiophene rings is 1. The van der Waals surface area contributed by atoms with E-state index in [9.17, 15) is 13.6 Å². The van der Waals surface area contributed by atoms with E-state index in [1.54, 1.807) is 6.92 Å². The minimum Gasteiger partial charge on any atom is -0.397 e. The molecule has 1 aromatic carbocycles. The monoisotopic (exact) mass is 359 g/mol. The molecule has 0 fully saturated rings. The number of nitrogen functional groups attached to an aromatic ring is 2. The molecule has 5 N–H and O–H groups in total. The normalized spacial score (nSPS) is 10.6. The maximum atomic E-state index is 13.7. The zero-order valence-corrected chi connectivity index (χ0v) is 13.7. The van der Waals surface area contributed by atoms with Crippen molar-refractivity contribution in [2.45, 2.75) is 6.92 Å². The van der Waals surface area contributed by atoms with E-state index in [1.165, 1.54) is 0 Å². The Kier molecular flexibility index (Phi) is 3.98. The fraction of sp³-hybridized carbons (Fsp3) is 0.0625. The minimum atomic E-state index is -0.904. The first kappa shape index (κ1) is 16.6. The van der Waals surface area contributed by atoms with Crippen molar-refractivity contribution in [1.82, 2.24) is 4.98 Å². The van der Waals surface area contributed by atoms with Gasteiger partial charge in [0.05, 0.1) is 16.9 Å². The number of rotatable bonds is 2. The van der Waals surface area contributed by atoms with Gasteiger partial charge in [-0.05, 0) is 24.6 Å². The van der Waals surface area contributed by atoms with Crippen molar-refractivity contribution in [2.24, 2.45) is 0 Å². The Bertz CT molecular complexity index is 1070. The maximum Gasteiger partial charge on any atom is 0.268 e. The van der Waals surface area contributed by atoms with Crippen LogP contribution in [0.3, 0.4) is 0 Å². The van der Waals surface area contributed by atoms with Crippen LogP contribution >= 0.6 is 11.3 Å². The molecule has 0 saturated carbocycles. The number of halogens is 2. The van der Waals surface area contributed by atoms with Crippen molar-refractivity contribution in [2.75, 3.05) is 16.8 Å². The summed E-state index contributed by atoms with van der Waals surface area (Å²) in [5.74, 6) is -2.28. The molecule has 0 atom stereocenters. The molecule has 0 bridgehead atoms. The summed E-state index contributed by atoms with van der Waals surface area (Å²) in [4.78, 5) is 17.0. The molecule has 3 rings (SSSR count). The van der Waals surface area contributed by atoms with Crippen molar-refractivity contribution in [3.05, 3.63) is 45.8 Å². The summed E-state index contributed by atoms with van der Waals surface area (Å²) in [5.41, 5.74) is 12.4. The summed E-state index contributed by atoms with van der Waals surface area (Å²) >= 11 is 0.974. The number of anilines is 3. The summed E-state index contributed by atoms with van der Waals surface area (Å²) < 4.78 is 26.6. The molecule has 126 valence electrons. The van der Waals surface area contributed by atoms with Crippen LogP contribution in [-0.2, 0) is 0 Å². The molecule has 0 aliphatic carbocycles. The Morgan fingerprint density at radius 1 is 1.36 bits per heavy atom. The molecule has 0 unspecified atom stereocenters. The van der Waals surface area contributed by atoms with Crippen molar-refractivity contribution in [3.8, 4) is 6.07 Å². The lowest BCUT2D eigenvalue weighted by Crippen LogP contribution is -2.13. The van der Waals surface area contributed by atoms with Gasteiger partial charge in [0.15, 0.2) is 0 Å². The third-order valence-corrected chi connectivity index (χ3v) is 4.75. The first-order valence-electron chi connectivity index (χ1n) is 6.98. The third-order valence-electron chi connectivity index (χ3n) is 3.65. The second kappa shape index (κ2) is 5.99. The lowest BCUT2D eigenvalue weighted by atomic mass is 10.1. The van der Waals surface area contributed by atoms with E-state index in [2.05, 4.69) is 10.3 Å². The van der Waals surface area contributed by atoms with Crippen LogP contribution < -0.4 is 16.8 Å². The Morgan fingerprint density at radius 3 is 2.72 bits per heavy atom. The van der Waals surface area contributed by atoms with Gasteiger partial charge in [-0.25, -0.2) is 13.8 Å². The van der Waals surface area contributed by atoms with Gasteiger partial charge in [0, 0.05) is 11.5 Å². The van der Waals surface area contributed by atoms with Crippen LogP contribution in [0.5, 0.6) is 0 Å². The Labute approximate surface area is 144 Å². The molecule has 2 heterocycles. The number of hydrogen-bond acceptors (Lipinski definition) is 6. The standard InChI is InChI=1S/C16H11F2N5OS/c1-6-8(5-19)14(21)23-16-11(6)12(20)13(25-16)15(24)22-10-3-2-7(17)4-9(10)18/h2-4H,20H2,1H3,(H2,21,23)(H,22,24). The van der Waals surface area contributed by atoms with Gasteiger partial charge in [-0.15, -0.1) is 11.3 Å². The summed E-state index contributed by atoms with van der Waals surface area (Å²) in [5, 5.41) is 12.0. The van der Waals surface area contributed by atoms with E-state index < -0.39 is 17.5 Å². The van der Waals surface area contributed by atoms with E-state index in [0.29, 0.717) is 21.8 Å². The second-order valence-corrected chi connectivity index (χ2v) is 6.21. The number of nitrogens with two attached hydrogens (primary N) is 2. The number of nitrogens with zero attached hydrogens (tertiary/aromatic N) is 2. The number of carbonyl (C=O) groups excluding carboxylic acids is 1. The Morgan fingerprint density at radius 2 is 2.08 bits per heavy atom. The number of benzene rings is 1. The topological polar surface area (TPSA) is 118 Å². The van der Waals surface area contributed by atoms with Crippen molar-refractivity contribution in [3.63, 3.8) is 0 Å². The Balaban J connectivity index is 2.07. The smallest absolute Gasteiger partial charge is 0.268 e. The van der Waals surface area contributed by atoms with Crippen LogP contribution in [0.25, 0.3) is 10.2 Å². The number of aryl methyl sites for hydroxylation is 1. The van der Waals surface area contributed by atoms with Gasteiger partial charge >= 0.3 is 0 Å². The van der Waals surface area contributed by atoms with Crippen LogP contribution in [-0.4, -0.2) is 10.9 Å². The van der Waals surface area contributed by atoms with Crippen LogP contribution in [0.2, 0.25) is 0 Å². The van der Waals surface area contributed by atoms with Gasteiger partial charge in [0.2, 0.25) is 0 Å². The number of nitrogens with one attached hydrogen (secondary N) is 1. The number of nitriles is 1. The van der Waals surface area contributed by atoms with Crippen molar-refractivity contribution >= 4 is 44.7 Å². The first-order chi connectivity index (χ1) is 11.8. The molecule has 9 heteroatoms. The van der Waals surface area contributed by atoms with Crippen LogP contribution in [0.4, 0.5) is 26.0 Å². The minimum absolute atomic E-state index is 0.0466. The number of carbonyl (C=O) groups is 1. The highest BCUT2D eigenvalue weighted by atomic mass is 32.1. The van der Waals surface area contributed by atoms with E-state index in [1.807, 2.05) is 6.07 Å². The van der Waals surface area contributed by atoms with Crippen LogP contribution in [0, 0.1) is 29.9 Å². The summed E-state index contributed by atoms with van der Waals surface area (Å²) in [6.07, 6.45) is 0. The fourth-order valence-electron chi connectivity index (χ4n) is 2.43. The van der Waals surface area contributed by atoms with E-state index in [4.69, 9.17) is 16.7 Å². The molecule has 25 heavy (non-hydrogen) atoms. The van der Waals surface area contributed by atoms with Gasteiger partial charge in [0.25, 0.3) is 5.91 Å². The molecule has 2 aromatic heterocycles. The molecular weight excluding hydrogens is 348 g/mol. The molecule has 3 aromatic rings. The van der Waals surface area contributed by atoms with E-state index in [0.717, 1.165) is 23.5 Å². The van der Waals surface area contributed by atoms with Gasteiger partial charge in [-0.1, -0.05) is 0 Å². The van der Waals surface area contributed by atoms with Crippen LogP contribution in [0.15, 0.2) is 18.2 Å². The lowest BCUT2D eigenvalue weighted by molar-refractivity contribution is 0.103. The number of pyridine rings is 1. The molecular formula is C16H11F2N5OS. The van der Waals surface area contributed by atoms with Gasteiger partial charge < -0.3 is 16.8 Å². The lowest BCUT2D eigenvalue weighted by Gasteiger charge is -2.06. The van der Waals surface area contributed by atoms with Gasteiger partial charge in [-0.2, -0.15) is 5.26 Å². The predicted octanol–water partition coefficient (Wildman–Crippen LogP) is 3.17. The Hall–Kier alpha value is -3.25. The predicted molar refractivity (Wildman–Crippen MR) is 92.2 cm³/mol. The number of hydrogen-bond donors (Lipinski definition) is 3. The first-order valence-corrected chi connectivity index (χ1v) is 7.79. The highest BCUT2D eigenvalue weighted by molar-refractivity contribution is 7.21. The zero-order chi connectivity index (χ0) is 18.3. The van der Waals surface area contributed by atoms with Gasteiger partial charge in [-0.3, -0.25) is 4.79 Å². The van der Waals surface area contributed by atoms with Crippen molar-refractivity contribution < 1.29 is 13.6 Å². The summed E-state index contributed by atoms with van der Waals surface area (Å²) in [6.45, 7) is 1.66. The number of aromatic nitrogens is 1. The van der Waals surface area contributed by atoms with E-state index in [-0.39, 0.29) is 27.6 Å². The second-order valence-electron chi connectivity index (χ2n) is 5.21. The molecule has 0 spiro atoms. The largest absolute Gasteiger partial charge is 0.397 e. The summed E-state index contributed by atoms with van der Waals surface area (Å²) in [6, 6.07) is 4.75. The van der Waals surface area contributed by atoms with Crippen LogP contribution in [0.1, 0.15) is 20.8 Å². The molecule has 0 aliphatic heterocycles. The molecule has 0 saturated heterocycles. The quantitative estimate of drug-likeness (QED) is 0.649. The molecule has 0 aliphatic rings. The average molecular weight is 359 g/mol. The molecule has 1 amide bonds. The molecule has 0 radical (unpaired) electrons. The SMILES string of the molecule is Cc1c(C#N)c(N)nc2sc(C(=O)Nc3ccc(F)cc3F)c(N)c12. The summed E-state index contributed by atoms with van der Waals surface area (Å²) in [7, 11) is 0. The highest BCUT2D eigenvalue weighted by Crippen LogP contribution is 2.37. The maximum absolute atomic E-state index is 13.7. The highest BCUT2D eigenvalue weighted by Gasteiger charge is 2.22.